The average molecular weight is 316 g/mol. The number of benzene rings is 1. The van der Waals surface area contributed by atoms with Gasteiger partial charge in [-0.15, -0.1) is 0 Å². The average Bonchev–Trinajstić information content (AvgIpc) is 2.56. The summed E-state index contributed by atoms with van der Waals surface area (Å²) in [6, 6.07) is 8.98. The lowest BCUT2D eigenvalue weighted by Crippen LogP contribution is -2.48. The Morgan fingerprint density at radius 1 is 1.26 bits per heavy atom. The first-order valence-corrected chi connectivity index (χ1v) is 8.85. The fourth-order valence-corrected chi connectivity index (χ4v) is 3.68. The van der Waals surface area contributed by atoms with Gasteiger partial charge in [0.25, 0.3) is 0 Å². The van der Waals surface area contributed by atoms with Gasteiger partial charge in [0.2, 0.25) is 5.91 Å². The van der Waals surface area contributed by atoms with E-state index in [2.05, 4.69) is 48.7 Å². The molecule has 4 atom stereocenters. The van der Waals surface area contributed by atoms with E-state index < -0.39 is 0 Å². The van der Waals surface area contributed by atoms with E-state index >= 15 is 0 Å². The maximum atomic E-state index is 12.6. The highest BCUT2D eigenvalue weighted by molar-refractivity contribution is 5.79. The lowest BCUT2D eigenvalue weighted by Gasteiger charge is -2.35. The summed E-state index contributed by atoms with van der Waals surface area (Å²) < 4.78 is 6.00. The lowest BCUT2D eigenvalue weighted by atomic mass is 9.90. The van der Waals surface area contributed by atoms with E-state index in [1.54, 1.807) is 0 Å². The smallest absolute Gasteiger partial charge is 0.223 e. The molecule has 4 heteroatoms. The molecule has 0 spiro atoms. The number of ether oxygens (including phenoxy) is 1. The van der Waals surface area contributed by atoms with E-state index in [0.717, 1.165) is 38.8 Å². The van der Waals surface area contributed by atoms with Gasteiger partial charge in [0.05, 0.1) is 6.04 Å². The Balaban J connectivity index is 1.66. The highest BCUT2D eigenvalue weighted by Gasteiger charge is 2.32. The summed E-state index contributed by atoms with van der Waals surface area (Å²) in [7, 11) is 0. The molecule has 1 amide bonds. The van der Waals surface area contributed by atoms with Crippen molar-refractivity contribution < 1.29 is 9.53 Å². The van der Waals surface area contributed by atoms with Gasteiger partial charge in [0.1, 0.15) is 6.10 Å². The van der Waals surface area contributed by atoms with Gasteiger partial charge in [-0.2, -0.15) is 0 Å². The Bertz CT molecular complexity index is 529. The van der Waals surface area contributed by atoms with Crippen molar-refractivity contribution >= 4 is 5.91 Å². The first-order chi connectivity index (χ1) is 11.1. The fraction of sp³-hybridized carbons (Fsp3) is 0.632. The second-order valence-corrected chi connectivity index (χ2v) is 7.04. The molecule has 2 unspecified atom stereocenters. The highest BCUT2D eigenvalue weighted by atomic mass is 16.5. The van der Waals surface area contributed by atoms with Gasteiger partial charge in [-0.25, -0.2) is 0 Å². The minimum atomic E-state index is -0.0209. The summed E-state index contributed by atoms with van der Waals surface area (Å²) in [4.78, 5) is 12.6. The number of hydrogen-bond acceptors (Lipinski definition) is 3. The first kappa shape index (κ1) is 16.5. The summed E-state index contributed by atoms with van der Waals surface area (Å²) in [5.74, 6) is 0.331. The van der Waals surface area contributed by atoms with Crippen LogP contribution in [0.1, 0.15) is 49.8 Å². The zero-order valence-electron chi connectivity index (χ0n) is 14.2. The molecule has 0 saturated carbocycles. The van der Waals surface area contributed by atoms with Crippen LogP contribution < -0.4 is 10.6 Å². The molecule has 126 valence electrons. The molecule has 2 heterocycles. The van der Waals surface area contributed by atoms with Crippen LogP contribution in [0.25, 0.3) is 0 Å². The Hall–Kier alpha value is -1.39. The third-order valence-corrected chi connectivity index (χ3v) is 5.05. The molecule has 23 heavy (non-hydrogen) atoms. The molecule has 0 radical (unpaired) electrons. The third-order valence-electron chi connectivity index (χ3n) is 5.05. The number of aryl methyl sites for hydroxylation is 1. The van der Waals surface area contributed by atoms with Gasteiger partial charge in [-0.1, -0.05) is 29.8 Å². The molecule has 0 aliphatic carbocycles. The van der Waals surface area contributed by atoms with Gasteiger partial charge >= 0.3 is 0 Å². The summed E-state index contributed by atoms with van der Waals surface area (Å²) in [5, 5.41) is 6.69. The minimum absolute atomic E-state index is 0.0209. The Labute approximate surface area is 139 Å². The van der Waals surface area contributed by atoms with Crippen molar-refractivity contribution in [3.05, 3.63) is 35.4 Å². The molecule has 0 bridgehead atoms. The molecule has 2 aliphatic rings. The molecule has 2 aliphatic heterocycles. The van der Waals surface area contributed by atoms with Crippen LogP contribution in [0.3, 0.4) is 0 Å². The number of carbonyl (C=O) groups is 1. The zero-order valence-corrected chi connectivity index (χ0v) is 14.2. The van der Waals surface area contributed by atoms with Gasteiger partial charge in [-0.05, 0) is 51.6 Å². The number of amides is 1. The SMILES string of the molecule is Cc1ccc(C2OCCCC2NC(=O)[C@H]2CCN[C@@H](C)C2)cc1. The van der Waals surface area contributed by atoms with Crippen LogP contribution in [0.2, 0.25) is 0 Å². The van der Waals surface area contributed by atoms with Gasteiger partial charge in [0, 0.05) is 18.6 Å². The first-order valence-electron chi connectivity index (χ1n) is 8.85. The second-order valence-electron chi connectivity index (χ2n) is 7.04. The number of carbonyl (C=O) groups excluding carboxylic acids is 1. The number of piperidine rings is 1. The normalized spacial score (nSPS) is 31.6. The Morgan fingerprint density at radius 3 is 2.78 bits per heavy atom. The van der Waals surface area contributed by atoms with E-state index in [4.69, 9.17) is 4.74 Å². The minimum Gasteiger partial charge on any atom is -0.371 e. The molecule has 2 N–H and O–H groups in total. The van der Waals surface area contributed by atoms with Gasteiger partial charge in [-0.3, -0.25) is 4.79 Å². The van der Waals surface area contributed by atoms with Crippen molar-refractivity contribution in [2.24, 2.45) is 5.92 Å². The van der Waals surface area contributed by atoms with Crippen LogP contribution in [0, 0.1) is 12.8 Å². The van der Waals surface area contributed by atoms with E-state index in [1.807, 2.05) is 0 Å². The van der Waals surface area contributed by atoms with Crippen LogP contribution in [-0.4, -0.2) is 31.1 Å². The van der Waals surface area contributed by atoms with Crippen molar-refractivity contribution in [3.8, 4) is 0 Å². The molecule has 2 saturated heterocycles. The van der Waals surface area contributed by atoms with E-state index in [1.165, 1.54) is 11.1 Å². The molecular formula is C19H28N2O2. The maximum Gasteiger partial charge on any atom is 0.223 e. The van der Waals surface area contributed by atoms with E-state index in [0.29, 0.717) is 6.04 Å². The van der Waals surface area contributed by atoms with Crippen molar-refractivity contribution in [3.63, 3.8) is 0 Å². The Kier molecular flexibility index (Phi) is 5.34. The highest BCUT2D eigenvalue weighted by Crippen LogP contribution is 2.29. The van der Waals surface area contributed by atoms with Gasteiger partial charge < -0.3 is 15.4 Å². The summed E-state index contributed by atoms with van der Waals surface area (Å²) in [6.07, 6.45) is 3.83. The summed E-state index contributed by atoms with van der Waals surface area (Å²) >= 11 is 0. The number of rotatable bonds is 3. The van der Waals surface area contributed by atoms with Crippen molar-refractivity contribution in [1.29, 1.82) is 0 Å². The molecule has 1 aromatic carbocycles. The van der Waals surface area contributed by atoms with Crippen LogP contribution in [-0.2, 0) is 9.53 Å². The topological polar surface area (TPSA) is 50.4 Å². The van der Waals surface area contributed by atoms with Crippen LogP contribution in [0.15, 0.2) is 24.3 Å². The van der Waals surface area contributed by atoms with Crippen molar-refractivity contribution in [2.45, 2.75) is 57.7 Å². The fourth-order valence-electron chi connectivity index (χ4n) is 3.68. The second kappa shape index (κ2) is 7.45. The number of hydrogen-bond donors (Lipinski definition) is 2. The zero-order chi connectivity index (χ0) is 16.2. The van der Waals surface area contributed by atoms with Crippen molar-refractivity contribution in [2.75, 3.05) is 13.2 Å². The number of nitrogens with one attached hydrogen (secondary N) is 2. The monoisotopic (exact) mass is 316 g/mol. The van der Waals surface area contributed by atoms with E-state index in [-0.39, 0.29) is 24.0 Å². The van der Waals surface area contributed by atoms with Crippen LogP contribution in [0.5, 0.6) is 0 Å². The predicted octanol–water partition coefficient (Wildman–Crippen LogP) is 2.72. The van der Waals surface area contributed by atoms with Crippen molar-refractivity contribution in [1.82, 2.24) is 10.6 Å². The quantitative estimate of drug-likeness (QED) is 0.901. The maximum absolute atomic E-state index is 12.6. The third kappa shape index (κ3) is 4.12. The van der Waals surface area contributed by atoms with Crippen LogP contribution >= 0.6 is 0 Å². The molecule has 1 aromatic rings. The van der Waals surface area contributed by atoms with Gasteiger partial charge in [0.15, 0.2) is 0 Å². The molecule has 0 aromatic heterocycles. The molecular weight excluding hydrogens is 288 g/mol. The lowest BCUT2D eigenvalue weighted by molar-refractivity contribution is -0.129. The molecule has 2 fully saturated rings. The van der Waals surface area contributed by atoms with Crippen LogP contribution in [0.4, 0.5) is 0 Å². The predicted molar refractivity (Wildman–Crippen MR) is 91.2 cm³/mol. The molecule has 3 rings (SSSR count). The largest absolute Gasteiger partial charge is 0.371 e. The summed E-state index contributed by atoms with van der Waals surface area (Å²) in [6.45, 7) is 5.94. The Morgan fingerprint density at radius 2 is 2.04 bits per heavy atom. The molecule has 4 nitrogen and oxygen atoms in total. The van der Waals surface area contributed by atoms with E-state index in [9.17, 15) is 4.79 Å². The standard InChI is InChI=1S/C19H28N2O2/c1-13-5-7-15(8-6-13)18-17(4-3-11-23-18)21-19(22)16-9-10-20-14(2)12-16/h5-8,14,16-18,20H,3-4,9-12H2,1-2H3,(H,21,22)/t14-,16-,17?,18?/m0/s1. The summed E-state index contributed by atoms with van der Waals surface area (Å²) in [5.41, 5.74) is 2.41.